The smallest absolute Gasteiger partial charge is 0.262 e. The Morgan fingerprint density at radius 1 is 1.21 bits per heavy atom. The number of pyridine rings is 1. The van der Waals surface area contributed by atoms with Crippen LogP contribution < -0.4 is 15.2 Å². The lowest BCUT2D eigenvalue weighted by Gasteiger charge is -2.11. The van der Waals surface area contributed by atoms with Crippen LogP contribution in [0.25, 0.3) is 0 Å². The van der Waals surface area contributed by atoms with E-state index in [1.807, 2.05) is 0 Å². The Hall–Kier alpha value is -2.37. The van der Waals surface area contributed by atoms with Crippen molar-refractivity contribution < 1.29 is 18.3 Å². The number of aromatic nitrogens is 1. The van der Waals surface area contributed by atoms with Gasteiger partial charge in [0.05, 0.1) is 12.3 Å². The van der Waals surface area contributed by atoms with Crippen molar-refractivity contribution >= 4 is 5.69 Å². The molecule has 0 fully saturated rings. The maximum absolute atomic E-state index is 13.6. The van der Waals surface area contributed by atoms with E-state index in [1.165, 1.54) is 6.20 Å². The number of hydrogen-bond donors (Lipinski definition) is 1. The average molecular weight is 266 g/mol. The summed E-state index contributed by atoms with van der Waals surface area (Å²) in [7, 11) is 0. The molecule has 0 saturated carbocycles. The molecule has 0 aliphatic heterocycles. The second kappa shape index (κ2) is 5.51. The van der Waals surface area contributed by atoms with Crippen LogP contribution in [0.1, 0.15) is 6.92 Å². The Balaban J connectivity index is 2.33. The third-order valence-electron chi connectivity index (χ3n) is 2.29. The highest BCUT2D eigenvalue weighted by Gasteiger charge is 2.13. The molecule has 1 aromatic heterocycles. The monoisotopic (exact) mass is 266 g/mol. The fourth-order valence-corrected chi connectivity index (χ4v) is 1.44. The predicted molar refractivity (Wildman–Crippen MR) is 66.3 cm³/mol. The fraction of sp³-hybridized carbons (Fsp3) is 0.154. The van der Waals surface area contributed by atoms with E-state index in [2.05, 4.69) is 4.98 Å². The standard InChI is InChI=1S/C13H12F2N2O2/c1-2-18-11-4-3-5-17-13(11)19-12-7-8(14)10(16)6-9(12)15/h3-7H,2,16H2,1H3. The van der Waals surface area contributed by atoms with Gasteiger partial charge in [-0.05, 0) is 19.1 Å². The van der Waals surface area contributed by atoms with Crippen LogP contribution in [0, 0.1) is 11.6 Å². The van der Waals surface area contributed by atoms with Gasteiger partial charge in [-0.3, -0.25) is 0 Å². The quantitative estimate of drug-likeness (QED) is 0.864. The highest BCUT2D eigenvalue weighted by Crippen LogP contribution is 2.32. The molecule has 6 heteroatoms. The molecular weight excluding hydrogens is 254 g/mol. The molecule has 0 radical (unpaired) electrons. The molecule has 0 aliphatic carbocycles. The SMILES string of the molecule is CCOc1cccnc1Oc1cc(F)c(N)cc1F. The highest BCUT2D eigenvalue weighted by molar-refractivity contribution is 5.46. The molecule has 1 heterocycles. The van der Waals surface area contributed by atoms with Gasteiger partial charge in [0.25, 0.3) is 5.88 Å². The third-order valence-corrected chi connectivity index (χ3v) is 2.29. The Bertz CT molecular complexity index is 591. The summed E-state index contributed by atoms with van der Waals surface area (Å²) in [5, 5.41) is 0. The molecule has 0 saturated heterocycles. The second-order valence-electron chi connectivity index (χ2n) is 3.65. The lowest BCUT2D eigenvalue weighted by molar-refractivity contribution is 0.313. The van der Waals surface area contributed by atoms with E-state index in [-0.39, 0.29) is 17.3 Å². The normalized spacial score (nSPS) is 10.3. The Morgan fingerprint density at radius 2 is 2.00 bits per heavy atom. The summed E-state index contributed by atoms with van der Waals surface area (Å²) in [6, 6.07) is 5.00. The molecule has 0 unspecified atom stereocenters. The predicted octanol–water partition coefficient (Wildman–Crippen LogP) is 3.13. The molecule has 100 valence electrons. The molecule has 2 rings (SSSR count). The number of ether oxygens (including phenoxy) is 2. The summed E-state index contributed by atoms with van der Waals surface area (Å²) in [4.78, 5) is 3.92. The van der Waals surface area contributed by atoms with Crippen LogP contribution in [0.4, 0.5) is 14.5 Å². The van der Waals surface area contributed by atoms with E-state index in [0.29, 0.717) is 12.4 Å². The third kappa shape index (κ3) is 2.90. The fourth-order valence-electron chi connectivity index (χ4n) is 1.44. The van der Waals surface area contributed by atoms with Gasteiger partial charge >= 0.3 is 0 Å². The average Bonchev–Trinajstić information content (AvgIpc) is 2.38. The molecule has 0 aliphatic rings. The molecule has 4 nitrogen and oxygen atoms in total. The van der Waals surface area contributed by atoms with Crippen molar-refractivity contribution in [3.63, 3.8) is 0 Å². The zero-order valence-electron chi connectivity index (χ0n) is 10.2. The number of anilines is 1. The van der Waals surface area contributed by atoms with Crippen LogP contribution in [0.15, 0.2) is 30.5 Å². The Morgan fingerprint density at radius 3 is 2.74 bits per heavy atom. The van der Waals surface area contributed by atoms with Crippen molar-refractivity contribution in [2.45, 2.75) is 6.92 Å². The molecule has 0 bridgehead atoms. The van der Waals surface area contributed by atoms with Gasteiger partial charge in [-0.25, -0.2) is 13.8 Å². The van der Waals surface area contributed by atoms with Gasteiger partial charge in [-0.2, -0.15) is 0 Å². The number of nitrogens with two attached hydrogens (primary N) is 1. The number of nitrogens with zero attached hydrogens (tertiary/aromatic N) is 1. The van der Waals surface area contributed by atoms with E-state index < -0.39 is 11.6 Å². The largest absolute Gasteiger partial charge is 0.488 e. The summed E-state index contributed by atoms with van der Waals surface area (Å²) in [6.45, 7) is 2.20. The molecule has 0 atom stereocenters. The molecule has 2 aromatic rings. The summed E-state index contributed by atoms with van der Waals surface area (Å²) in [5.41, 5.74) is 4.97. The van der Waals surface area contributed by atoms with Gasteiger partial charge in [-0.15, -0.1) is 0 Å². The van der Waals surface area contributed by atoms with Gasteiger partial charge in [-0.1, -0.05) is 0 Å². The van der Waals surface area contributed by atoms with E-state index >= 15 is 0 Å². The van der Waals surface area contributed by atoms with E-state index in [0.717, 1.165) is 12.1 Å². The molecule has 19 heavy (non-hydrogen) atoms. The van der Waals surface area contributed by atoms with Crippen molar-refractivity contribution in [3.8, 4) is 17.4 Å². The lowest BCUT2D eigenvalue weighted by atomic mass is 10.3. The Labute approximate surface area is 108 Å². The van der Waals surface area contributed by atoms with Crippen LogP contribution in [-0.2, 0) is 0 Å². The first-order valence-corrected chi connectivity index (χ1v) is 5.62. The molecule has 0 amide bonds. The van der Waals surface area contributed by atoms with Crippen LogP contribution >= 0.6 is 0 Å². The number of nitrogen functional groups attached to an aromatic ring is 1. The molecular formula is C13H12F2N2O2. The van der Waals surface area contributed by atoms with Crippen LogP contribution in [-0.4, -0.2) is 11.6 Å². The molecule has 2 N–H and O–H groups in total. The highest BCUT2D eigenvalue weighted by atomic mass is 19.1. The minimum atomic E-state index is -0.771. The first kappa shape index (κ1) is 13.1. The first-order chi connectivity index (χ1) is 9.11. The number of rotatable bonds is 4. The summed E-state index contributed by atoms with van der Waals surface area (Å²) in [6.07, 6.45) is 1.46. The van der Waals surface area contributed by atoms with Crippen molar-refractivity contribution in [2.75, 3.05) is 12.3 Å². The van der Waals surface area contributed by atoms with Crippen LogP contribution in [0.2, 0.25) is 0 Å². The number of hydrogen-bond acceptors (Lipinski definition) is 4. The summed E-state index contributed by atoms with van der Waals surface area (Å²) < 4.78 is 37.4. The van der Waals surface area contributed by atoms with Gasteiger partial charge in [0.15, 0.2) is 17.3 Å². The van der Waals surface area contributed by atoms with Gasteiger partial charge in [0.2, 0.25) is 0 Å². The minimum Gasteiger partial charge on any atom is -0.488 e. The van der Waals surface area contributed by atoms with E-state index in [4.69, 9.17) is 15.2 Å². The zero-order valence-corrected chi connectivity index (χ0v) is 10.2. The zero-order chi connectivity index (χ0) is 13.8. The van der Waals surface area contributed by atoms with Crippen molar-refractivity contribution in [1.82, 2.24) is 4.98 Å². The summed E-state index contributed by atoms with van der Waals surface area (Å²) in [5.74, 6) is -1.42. The number of halogens is 2. The molecule has 1 aromatic carbocycles. The van der Waals surface area contributed by atoms with Gasteiger partial charge in [0.1, 0.15) is 5.82 Å². The first-order valence-electron chi connectivity index (χ1n) is 5.62. The van der Waals surface area contributed by atoms with Crippen LogP contribution in [0.3, 0.4) is 0 Å². The maximum Gasteiger partial charge on any atom is 0.262 e. The van der Waals surface area contributed by atoms with Crippen LogP contribution in [0.5, 0.6) is 17.4 Å². The number of benzene rings is 1. The van der Waals surface area contributed by atoms with E-state index in [1.54, 1.807) is 19.1 Å². The lowest BCUT2D eigenvalue weighted by Crippen LogP contribution is -1.99. The van der Waals surface area contributed by atoms with E-state index in [9.17, 15) is 8.78 Å². The Kier molecular flexibility index (Phi) is 3.79. The maximum atomic E-state index is 13.6. The molecule has 0 spiro atoms. The van der Waals surface area contributed by atoms with Gasteiger partial charge in [0, 0.05) is 18.3 Å². The summed E-state index contributed by atoms with van der Waals surface area (Å²) >= 11 is 0. The van der Waals surface area contributed by atoms with Crippen molar-refractivity contribution in [2.24, 2.45) is 0 Å². The van der Waals surface area contributed by atoms with Crippen molar-refractivity contribution in [1.29, 1.82) is 0 Å². The topological polar surface area (TPSA) is 57.4 Å². The second-order valence-corrected chi connectivity index (χ2v) is 3.65. The van der Waals surface area contributed by atoms with Crippen molar-refractivity contribution in [3.05, 3.63) is 42.1 Å². The minimum absolute atomic E-state index is 0.0624. The van der Waals surface area contributed by atoms with Gasteiger partial charge < -0.3 is 15.2 Å².